The molecule has 2 aromatic rings. The first-order chi connectivity index (χ1) is 13.1. The monoisotopic (exact) mass is 369 g/mol. The molecule has 1 aliphatic rings. The molecule has 1 atom stereocenters. The summed E-state index contributed by atoms with van der Waals surface area (Å²) in [7, 11) is 0. The minimum absolute atomic E-state index is 0.0669. The third kappa shape index (κ3) is 4.28. The van der Waals surface area contributed by atoms with Crippen LogP contribution in [0.4, 0.5) is 4.79 Å². The quantitative estimate of drug-likeness (QED) is 0.697. The number of carbonyl (C=O) groups is 2. The zero-order valence-corrected chi connectivity index (χ0v) is 15.2. The lowest BCUT2D eigenvalue weighted by Crippen LogP contribution is -2.44. The number of fused-ring (bicyclic) bond motifs is 3. The van der Waals surface area contributed by atoms with Crippen LogP contribution in [-0.2, 0) is 14.3 Å². The highest BCUT2D eigenvalue weighted by Gasteiger charge is 2.29. The van der Waals surface area contributed by atoms with Crippen molar-refractivity contribution in [2.24, 2.45) is 0 Å². The summed E-state index contributed by atoms with van der Waals surface area (Å²) in [5, 5.41) is 11.6. The van der Waals surface area contributed by atoms with E-state index in [0.717, 1.165) is 28.7 Å². The van der Waals surface area contributed by atoms with Crippen molar-refractivity contribution < 1.29 is 24.2 Å². The van der Waals surface area contributed by atoms with Crippen LogP contribution in [0.5, 0.6) is 0 Å². The minimum atomic E-state index is -1.15. The summed E-state index contributed by atoms with van der Waals surface area (Å²) in [5.74, 6) is -1.22. The molecule has 0 bridgehead atoms. The van der Waals surface area contributed by atoms with Crippen molar-refractivity contribution in [1.29, 1.82) is 0 Å². The van der Waals surface area contributed by atoms with Gasteiger partial charge in [-0.05, 0) is 28.7 Å². The summed E-state index contributed by atoms with van der Waals surface area (Å²) >= 11 is 0. The molecule has 27 heavy (non-hydrogen) atoms. The number of alkyl carbamates (subject to hydrolysis) is 1. The standard InChI is InChI=1S/C21H23NO5/c1-2-11-26-13-19(20(23)24)22-21(25)27-12-18-16-9-5-3-7-14(16)15-8-4-6-10-17(15)18/h3-10,18-19H,2,11-13H2,1H3,(H,22,25)(H,23,24). The van der Waals surface area contributed by atoms with Crippen molar-refractivity contribution in [1.82, 2.24) is 5.32 Å². The number of carboxylic acid groups (broad SMARTS) is 1. The van der Waals surface area contributed by atoms with E-state index in [0.29, 0.717) is 6.61 Å². The van der Waals surface area contributed by atoms with E-state index < -0.39 is 18.1 Å². The van der Waals surface area contributed by atoms with Crippen LogP contribution in [0.1, 0.15) is 30.4 Å². The van der Waals surface area contributed by atoms with Crippen LogP contribution in [-0.4, -0.2) is 43.0 Å². The van der Waals surface area contributed by atoms with Crippen LogP contribution in [0.25, 0.3) is 11.1 Å². The van der Waals surface area contributed by atoms with Crippen molar-refractivity contribution in [3.05, 3.63) is 59.7 Å². The maximum absolute atomic E-state index is 12.1. The molecule has 0 radical (unpaired) electrons. The molecule has 1 unspecified atom stereocenters. The second-order valence-electron chi connectivity index (χ2n) is 6.44. The Morgan fingerprint density at radius 2 is 1.67 bits per heavy atom. The molecule has 0 aliphatic heterocycles. The highest BCUT2D eigenvalue weighted by Crippen LogP contribution is 2.44. The molecule has 6 heteroatoms. The van der Waals surface area contributed by atoms with E-state index in [4.69, 9.17) is 9.47 Å². The molecule has 0 heterocycles. The molecule has 142 valence electrons. The number of benzene rings is 2. The molecular weight excluding hydrogens is 346 g/mol. The molecule has 0 saturated heterocycles. The second kappa shape index (κ2) is 8.68. The molecule has 3 rings (SSSR count). The van der Waals surface area contributed by atoms with Gasteiger partial charge in [0, 0.05) is 12.5 Å². The average Bonchev–Trinajstić information content (AvgIpc) is 2.99. The number of rotatable bonds is 8. The highest BCUT2D eigenvalue weighted by molar-refractivity contribution is 5.81. The van der Waals surface area contributed by atoms with Gasteiger partial charge in [0.25, 0.3) is 0 Å². The lowest BCUT2D eigenvalue weighted by Gasteiger charge is -2.17. The SMILES string of the molecule is CCCOCC(NC(=O)OCC1c2ccccc2-c2ccccc21)C(=O)O. The molecule has 0 saturated carbocycles. The summed E-state index contributed by atoms with van der Waals surface area (Å²) in [6.07, 6.45) is 0.0152. The summed E-state index contributed by atoms with van der Waals surface area (Å²) in [6.45, 7) is 2.42. The van der Waals surface area contributed by atoms with Crippen LogP contribution in [0, 0.1) is 0 Å². The normalized spacial score (nSPS) is 13.5. The van der Waals surface area contributed by atoms with Crippen molar-refractivity contribution >= 4 is 12.1 Å². The molecule has 2 aromatic carbocycles. The molecule has 1 aliphatic carbocycles. The van der Waals surface area contributed by atoms with Gasteiger partial charge < -0.3 is 19.9 Å². The van der Waals surface area contributed by atoms with Gasteiger partial charge in [0.05, 0.1) is 6.61 Å². The Hall–Kier alpha value is -2.86. The first-order valence-electron chi connectivity index (χ1n) is 9.04. The summed E-state index contributed by atoms with van der Waals surface area (Å²) < 4.78 is 10.6. The first kappa shape index (κ1) is 18.9. The molecule has 0 fully saturated rings. The predicted octanol–water partition coefficient (Wildman–Crippen LogP) is 3.40. The average molecular weight is 369 g/mol. The van der Waals surface area contributed by atoms with Crippen molar-refractivity contribution in [3.63, 3.8) is 0 Å². The van der Waals surface area contributed by atoms with Crippen molar-refractivity contribution in [2.45, 2.75) is 25.3 Å². The Labute approximate surface area is 158 Å². The minimum Gasteiger partial charge on any atom is -0.480 e. The maximum atomic E-state index is 12.1. The van der Waals surface area contributed by atoms with Crippen molar-refractivity contribution in [3.8, 4) is 11.1 Å². The van der Waals surface area contributed by atoms with E-state index in [1.165, 1.54) is 0 Å². The molecule has 0 aromatic heterocycles. The number of ether oxygens (including phenoxy) is 2. The lowest BCUT2D eigenvalue weighted by molar-refractivity contribution is -0.141. The Morgan fingerprint density at radius 3 is 2.22 bits per heavy atom. The van der Waals surface area contributed by atoms with E-state index >= 15 is 0 Å². The third-order valence-corrected chi connectivity index (χ3v) is 4.57. The van der Waals surface area contributed by atoms with E-state index in [9.17, 15) is 14.7 Å². The highest BCUT2D eigenvalue weighted by atomic mass is 16.5. The number of amides is 1. The summed E-state index contributed by atoms with van der Waals surface area (Å²) in [4.78, 5) is 23.4. The second-order valence-corrected chi connectivity index (χ2v) is 6.44. The largest absolute Gasteiger partial charge is 0.480 e. The van der Waals surface area contributed by atoms with Crippen LogP contribution in [0.15, 0.2) is 48.5 Å². The van der Waals surface area contributed by atoms with Crippen molar-refractivity contribution in [2.75, 3.05) is 19.8 Å². The van der Waals surface area contributed by atoms with Crippen LogP contribution < -0.4 is 5.32 Å². The van der Waals surface area contributed by atoms with Gasteiger partial charge >= 0.3 is 12.1 Å². The topological polar surface area (TPSA) is 84.9 Å². The number of hydrogen-bond donors (Lipinski definition) is 2. The molecular formula is C21H23NO5. The smallest absolute Gasteiger partial charge is 0.407 e. The van der Waals surface area contributed by atoms with E-state index in [-0.39, 0.29) is 19.1 Å². The zero-order chi connectivity index (χ0) is 19.2. The van der Waals surface area contributed by atoms with Crippen LogP contribution in [0.2, 0.25) is 0 Å². The summed E-state index contributed by atoms with van der Waals surface area (Å²) in [5.41, 5.74) is 4.48. The maximum Gasteiger partial charge on any atom is 0.407 e. The fourth-order valence-corrected chi connectivity index (χ4v) is 3.30. The number of nitrogens with one attached hydrogen (secondary N) is 1. The van der Waals surface area contributed by atoms with Gasteiger partial charge in [-0.1, -0.05) is 55.5 Å². The lowest BCUT2D eigenvalue weighted by atomic mass is 9.98. The van der Waals surface area contributed by atoms with Crippen LogP contribution in [0.3, 0.4) is 0 Å². The number of carboxylic acids is 1. The fraction of sp³-hybridized carbons (Fsp3) is 0.333. The van der Waals surface area contributed by atoms with Gasteiger partial charge in [-0.2, -0.15) is 0 Å². The Balaban J connectivity index is 1.64. The van der Waals surface area contributed by atoms with E-state index in [1.807, 2.05) is 43.3 Å². The Kier molecular flexibility index (Phi) is 6.08. The van der Waals surface area contributed by atoms with Crippen LogP contribution >= 0.6 is 0 Å². The van der Waals surface area contributed by atoms with E-state index in [1.54, 1.807) is 0 Å². The Morgan fingerprint density at radius 1 is 1.07 bits per heavy atom. The zero-order valence-electron chi connectivity index (χ0n) is 15.2. The molecule has 1 amide bonds. The number of aliphatic carboxylic acids is 1. The van der Waals surface area contributed by atoms with Gasteiger partial charge in [0.1, 0.15) is 6.61 Å². The van der Waals surface area contributed by atoms with Gasteiger partial charge in [-0.15, -0.1) is 0 Å². The molecule has 0 spiro atoms. The van der Waals surface area contributed by atoms with Gasteiger partial charge in [0.2, 0.25) is 0 Å². The predicted molar refractivity (Wildman–Crippen MR) is 101 cm³/mol. The van der Waals surface area contributed by atoms with E-state index in [2.05, 4.69) is 17.4 Å². The number of hydrogen-bond acceptors (Lipinski definition) is 4. The Bertz CT molecular complexity index is 774. The van der Waals surface area contributed by atoms with Gasteiger partial charge in [-0.3, -0.25) is 0 Å². The summed E-state index contributed by atoms with van der Waals surface area (Å²) in [6, 6.07) is 14.9. The first-order valence-corrected chi connectivity index (χ1v) is 9.04. The van der Waals surface area contributed by atoms with Gasteiger partial charge in [0.15, 0.2) is 6.04 Å². The third-order valence-electron chi connectivity index (χ3n) is 4.57. The fourth-order valence-electron chi connectivity index (χ4n) is 3.30. The molecule has 2 N–H and O–H groups in total. The number of carbonyl (C=O) groups excluding carboxylic acids is 1. The molecule has 6 nitrogen and oxygen atoms in total. The van der Waals surface area contributed by atoms with Gasteiger partial charge in [-0.25, -0.2) is 9.59 Å².